The van der Waals surface area contributed by atoms with Crippen molar-refractivity contribution in [2.75, 3.05) is 0 Å². The van der Waals surface area contributed by atoms with E-state index in [1.807, 2.05) is 6.07 Å². The van der Waals surface area contributed by atoms with Crippen LogP contribution in [0, 0.1) is 5.82 Å². The topological polar surface area (TPSA) is 89.4 Å². The Balaban J connectivity index is 1.85. The minimum absolute atomic E-state index is 0.274. The summed E-state index contributed by atoms with van der Waals surface area (Å²) in [5.74, 6) is -0.441. The van der Waals surface area contributed by atoms with Crippen molar-refractivity contribution in [2.24, 2.45) is 7.05 Å². The van der Waals surface area contributed by atoms with Gasteiger partial charge in [-0.05, 0) is 30.3 Å². The SMILES string of the molecule is Cn1ccc(-c2nc3[nH]c(=O)ccc3nc2-c2cc(F)c3ncccc3c2)n1. The molecule has 0 radical (unpaired) electrons. The zero-order valence-electron chi connectivity index (χ0n) is 14.7. The first-order chi connectivity index (χ1) is 13.6. The van der Waals surface area contributed by atoms with E-state index in [1.165, 1.54) is 12.1 Å². The quantitative estimate of drug-likeness (QED) is 0.514. The summed E-state index contributed by atoms with van der Waals surface area (Å²) in [6, 6.07) is 11.5. The van der Waals surface area contributed by atoms with Crippen LogP contribution in [0.5, 0.6) is 0 Å². The number of hydrogen-bond acceptors (Lipinski definition) is 5. The maximum absolute atomic E-state index is 14.7. The molecule has 0 unspecified atom stereocenters. The fourth-order valence-electron chi connectivity index (χ4n) is 3.18. The second-order valence-corrected chi connectivity index (χ2v) is 6.39. The molecule has 0 fully saturated rings. The van der Waals surface area contributed by atoms with Gasteiger partial charge in [-0.2, -0.15) is 5.10 Å². The molecular weight excluding hydrogens is 359 g/mol. The van der Waals surface area contributed by atoms with Gasteiger partial charge >= 0.3 is 0 Å². The lowest BCUT2D eigenvalue weighted by atomic mass is 10.0. The van der Waals surface area contributed by atoms with E-state index in [9.17, 15) is 9.18 Å². The first kappa shape index (κ1) is 16.2. The molecular formula is C20H13FN6O. The molecule has 7 nitrogen and oxygen atoms in total. The zero-order valence-corrected chi connectivity index (χ0v) is 14.7. The van der Waals surface area contributed by atoms with Gasteiger partial charge in [0.2, 0.25) is 5.56 Å². The van der Waals surface area contributed by atoms with Crippen LogP contribution in [0.1, 0.15) is 0 Å². The zero-order chi connectivity index (χ0) is 19.3. The van der Waals surface area contributed by atoms with Crippen LogP contribution >= 0.6 is 0 Å². The van der Waals surface area contributed by atoms with Gasteiger partial charge in [0.25, 0.3) is 0 Å². The smallest absolute Gasteiger partial charge is 0.249 e. The van der Waals surface area contributed by atoms with Gasteiger partial charge in [0, 0.05) is 36.5 Å². The summed E-state index contributed by atoms with van der Waals surface area (Å²) in [5, 5.41) is 5.06. The van der Waals surface area contributed by atoms with Gasteiger partial charge in [-0.15, -0.1) is 0 Å². The molecule has 28 heavy (non-hydrogen) atoms. The predicted molar refractivity (Wildman–Crippen MR) is 103 cm³/mol. The Hall–Kier alpha value is -3.94. The second-order valence-electron chi connectivity index (χ2n) is 6.39. The van der Waals surface area contributed by atoms with Gasteiger partial charge in [0.1, 0.15) is 28.2 Å². The Labute approximate surface area is 157 Å². The average molecular weight is 372 g/mol. The van der Waals surface area contributed by atoms with Crippen molar-refractivity contribution in [3.05, 3.63) is 71.0 Å². The van der Waals surface area contributed by atoms with Crippen LogP contribution < -0.4 is 5.56 Å². The fraction of sp³-hybridized carbons (Fsp3) is 0.0500. The highest BCUT2D eigenvalue weighted by Gasteiger charge is 2.17. The minimum Gasteiger partial charge on any atom is -0.305 e. The summed E-state index contributed by atoms with van der Waals surface area (Å²) < 4.78 is 16.3. The number of pyridine rings is 2. The molecule has 0 saturated carbocycles. The van der Waals surface area contributed by atoms with Crippen molar-refractivity contribution >= 4 is 22.1 Å². The van der Waals surface area contributed by atoms with Crippen molar-refractivity contribution in [2.45, 2.75) is 0 Å². The average Bonchev–Trinajstić information content (AvgIpc) is 3.13. The Morgan fingerprint density at radius 2 is 1.96 bits per heavy atom. The molecule has 0 amide bonds. The summed E-state index contributed by atoms with van der Waals surface area (Å²) in [6.07, 6.45) is 3.33. The van der Waals surface area contributed by atoms with Crippen LogP contribution in [-0.4, -0.2) is 29.7 Å². The van der Waals surface area contributed by atoms with E-state index in [4.69, 9.17) is 0 Å². The van der Waals surface area contributed by atoms with Gasteiger partial charge in [0.15, 0.2) is 5.65 Å². The van der Waals surface area contributed by atoms with Gasteiger partial charge < -0.3 is 4.98 Å². The summed E-state index contributed by atoms with van der Waals surface area (Å²) in [5.41, 5.74) is 2.93. The van der Waals surface area contributed by atoms with Gasteiger partial charge in [-0.3, -0.25) is 14.5 Å². The summed E-state index contributed by atoms with van der Waals surface area (Å²) in [6.45, 7) is 0. The Kier molecular flexibility index (Phi) is 3.51. The van der Waals surface area contributed by atoms with Crippen LogP contribution in [0.4, 0.5) is 4.39 Å². The lowest BCUT2D eigenvalue weighted by Gasteiger charge is -2.10. The summed E-state index contributed by atoms with van der Waals surface area (Å²) in [7, 11) is 1.79. The lowest BCUT2D eigenvalue weighted by molar-refractivity contribution is 0.637. The molecule has 1 aromatic carbocycles. The largest absolute Gasteiger partial charge is 0.305 e. The maximum atomic E-state index is 14.7. The van der Waals surface area contributed by atoms with Crippen molar-refractivity contribution in [3.63, 3.8) is 0 Å². The first-order valence-corrected chi connectivity index (χ1v) is 8.54. The lowest BCUT2D eigenvalue weighted by Crippen LogP contribution is -2.06. The number of aromatic amines is 1. The molecule has 4 heterocycles. The molecule has 4 aromatic heterocycles. The number of nitrogens with zero attached hydrogens (tertiary/aromatic N) is 5. The molecule has 8 heteroatoms. The van der Waals surface area contributed by atoms with Gasteiger partial charge in [0.05, 0.1) is 5.69 Å². The standard InChI is InChI=1S/C20H13FN6O/c1-27-8-6-14(26-27)19-18(23-15-4-5-16(28)24-20(15)25-19)12-9-11-3-2-7-22-17(11)13(21)10-12/h2-10H,1H3,(H,24,25,28). The molecule has 0 saturated heterocycles. The highest BCUT2D eigenvalue weighted by molar-refractivity contribution is 5.89. The summed E-state index contributed by atoms with van der Waals surface area (Å²) in [4.78, 5) is 27.7. The maximum Gasteiger partial charge on any atom is 0.249 e. The number of fused-ring (bicyclic) bond motifs is 2. The van der Waals surface area contributed by atoms with E-state index in [1.54, 1.807) is 48.4 Å². The highest BCUT2D eigenvalue weighted by Crippen LogP contribution is 2.32. The number of benzene rings is 1. The highest BCUT2D eigenvalue weighted by atomic mass is 19.1. The van der Waals surface area contributed by atoms with Crippen LogP contribution in [0.2, 0.25) is 0 Å². The second kappa shape index (κ2) is 6.05. The van der Waals surface area contributed by atoms with Crippen LogP contribution in [0.3, 0.4) is 0 Å². The van der Waals surface area contributed by atoms with E-state index < -0.39 is 5.82 Å². The number of halogens is 1. The van der Waals surface area contributed by atoms with Crippen LogP contribution in [0.15, 0.2) is 59.7 Å². The predicted octanol–water partition coefficient (Wildman–Crippen LogP) is 3.07. The van der Waals surface area contributed by atoms with Gasteiger partial charge in [-0.1, -0.05) is 6.07 Å². The third kappa shape index (κ3) is 2.62. The summed E-state index contributed by atoms with van der Waals surface area (Å²) >= 11 is 0. The monoisotopic (exact) mass is 372 g/mol. The van der Waals surface area contributed by atoms with E-state index >= 15 is 0 Å². The molecule has 1 N–H and O–H groups in total. The van der Waals surface area contributed by atoms with Crippen LogP contribution in [0.25, 0.3) is 44.7 Å². The number of H-pyrrole nitrogens is 1. The number of aryl methyl sites for hydroxylation is 1. The van der Waals surface area contributed by atoms with Crippen molar-refractivity contribution < 1.29 is 4.39 Å². The molecule has 136 valence electrons. The molecule has 0 bridgehead atoms. The molecule has 5 aromatic rings. The number of aromatic nitrogens is 6. The third-order valence-corrected chi connectivity index (χ3v) is 4.45. The van der Waals surface area contributed by atoms with Gasteiger partial charge in [-0.25, -0.2) is 14.4 Å². The van der Waals surface area contributed by atoms with E-state index in [2.05, 4.69) is 25.0 Å². The molecule has 0 atom stereocenters. The van der Waals surface area contributed by atoms with E-state index in [-0.39, 0.29) is 5.56 Å². The molecule has 0 aliphatic carbocycles. The van der Waals surface area contributed by atoms with Crippen molar-refractivity contribution in [1.29, 1.82) is 0 Å². The van der Waals surface area contributed by atoms with E-state index in [0.717, 1.165) is 0 Å². The normalized spacial score (nSPS) is 11.4. The third-order valence-electron chi connectivity index (χ3n) is 4.45. The van der Waals surface area contributed by atoms with Crippen molar-refractivity contribution in [3.8, 4) is 22.6 Å². The number of hydrogen-bond donors (Lipinski definition) is 1. The first-order valence-electron chi connectivity index (χ1n) is 8.54. The number of nitrogens with one attached hydrogen (secondary N) is 1. The number of rotatable bonds is 2. The van der Waals surface area contributed by atoms with Crippen molar-refractivity contribution in [1.82, 2.24) is 29.7 Å². The molecule has 5 rings (SSSR count). The minimum atomic E-state index is -0.441. The fourth-order valence-corrected chi connectivity index (χ4v) is 3.18. The van der Waals surface area contributed by atoms with E-state index in [0.29, 0.717) is 44.7 Å². The van der Waals surface area contributed by atoms with Crippen LogP contribution in [-0.2, 0) is 7.05 Å². The Bertz CT molecular complexity index is 1420. The Morgan fingerprint density at radius 3 is 2.79 bits per heavy atom. The molecule has 0 aliphatic heterocycles. The Morgan fingerprint density at radius 1 is 1.07 bits per heavy atom. The molecule has 0 spiro atoms. The molecule has 0 aliphatic rings.